The van der Waals surface area contributed by atoms with Crippen molar-refractivity contribution in [1.29, 1.82) is 0 Å². The van der Waals surface area contributed by atoms with Gasteiger partial charge in [-0.3, -0.25) is 14.2 Å². The molecule has 0 radical (unpaired) electrons. The maximum absolute atomic E-state index is 13.7. The van der Waals surface area contributed by atoms with Crippen LogP contribution in [0.2, 0.25) is 0 Å². The largest absolute Gasteiger partial charge is 0.496 e. The summed E-state index contributed by atoms with van der Waals surface area (Å²) in [5.41, 5.74) is 0.244. The van der Waals surface area contributed by atoms with Crippen molar-refractivity contribution in [3.8, 4) is 11.5 Å². The Hall–Kier alpha value is -1.94. The summed E-state index contributed by atoms with van der Waals surface area (Å²) in [5.74, 6) is -1.42. The van der Waals surface area contributed by atoms with E-state index in [0.717, 1.165) is 19.3 Å². The number of ketones is 1. The van der Waals surface area contributed by atoms with Crippen LogP contribution in [0.3, 0.4) is 0 Å². The fourth-order valence-electron chi connectivity index (χ4n) is 4.58. The lowest BCUT2D eigenvalue weighted by Crippen LogP contribution is -2.46. The highest BCUT2D eigenvalue weighted by Crippen LogP contribution is 2.42. The third-order valence-electron chi connectivity index (χ3n) is 6.56. The molecule has 0 aliphatic rings. The number of ether oxygens (including phenoxy) is 3. The topological polar surface area (TPSA) is 78.9 Å². The van der Waals surface area contributed by atoms with Crippen LogP contribution in [-0.4, -0.2) is 37.7 Å². The van der Waals surface area contributed by atoms with Gasteiger partial charge in [0.2, 0.25) is 0 Å². The van der Waals surface area contributed by atoms with Gasteiger partial charge in [0.1, 0.15) is 17.1 Å². The standard InChI is InChI=1S/C28H45O6P/c1-7-8-9-10-11-12-13-14-15-16-20-34-27(30)28(4,35-31)25(21(2)3)26(29)24-22(32-5)18-17-19-23(24)33-6/h17-19,21,25H,7-16,20H2,1-6H3. The quantitative estimate of drug-likeness (QED) is 0.0825. The van der Waals surface area contributed by atoms with Crippen LogP contribution in [0.1, 0.15) is 102 Å². The molecule has 2 atom stereocenters. The number of unbranched alkanes of at least 4 members (excludes halogenated alkanes) is 9. The highest BCUT2D eigenvalue weighted by molar-refractivity contribution is 7.27. The molecule has 1 rings (SSSR count). The molecule has 1 aromatic carbocycles. The number of esters is 1. The molecule has 0 aliphatic heterocycles. The van der Waals surface area contributed by atoms with E-state index in [1.54, 1.807) is 18.2 Å². The Bertz CT molecular complexity index is 771. The molecule has 0 amide bonds. The summed E-state index contributed by atoms with van der Waals surface area (Å²) < 4.78 is 28.7. The second-order valence-corrected chi connectivity index (χ2v) is 10.8. The predicted octanol–water partition coefficient (Wildman–Crippen LogP) is 7.67. The summed E-state index contributed by atoms with van der Waals surface area (Å²) in [7, 11) is 2.50. The lowest BCUT2D eigenvalue weighted by atomic mass is 9.77. The molecule has 7 heteroatoms. The van der Waals surface area contributed by atoms with Crippen molar-refractivity contribution >= 4 is 20.2 Å². The molecule has 2 unspecified atom stereocenters. The number of hydrogen-bond acceptors (Lipinski definition) is 6. The summed E-state index contributed by atoms with van der Waals surface area (Å²) in [5, 5.41) is -1.52. The van der Waals surface area contributed by atoms with Gasteiger partial charge in [-0.2, -0.15) is 0 Å². The van der Waals surface area contributed by atoms with Crippen molar-refractivity contribution in [3.05, 3.63) is 23.8 Å². The van der Waals surface area contributed by atoms with Crippen LogP contribution in [0.5, 0.6) is 11.5 Å². The van der Waals surface area contributed by atoms with E-state index in [0.29, 0.717) is 11.5 Å². The molecule has 0 N–H and O–H groups in total. The minimum Gasteiger partial charge on any atom is -0.496 e. The first kappa shape index (κ1) is 31.1. The van der Waals surface area contributed by atoms with E-state index < -0.39 is 25.5 Å². The van der Waals surface area contributed by atoms with Gasteiger partial charge in [0.05, 0.1) is 26.7 Å². The molecule has 0 saturated carbocycles. The van der Waals surface area contributed by atoms with Crippen molar-refractivity contribution in [1.82, 2.24) is 0 Å². The van der Waals surface area contributed by atoms with E-state index in [1.165, 1.54) is 66.1 Å². The molecule has 35 heavy (non-hydrogen) atoms. The fraction of sp³-hybridized carbons (Fsp3) is 0.714. The summed E-state index contributed by atoms with van der Waals surface area (Å²) >= 11 is 0. The van der Waals surface area contributed by atoms with Gasteiger partial charge in [0, 0.05) is 0 Å². The minimum atomic E-state index is -1.52. The zero-order valence-corrected chi connectivity index (χ0v) is 23.5. The van der Waals surface area contributed by atoms with Crippen LogP contribution >= 0.6 is 8.46 Å². The maximum atomic E-state index is 13.7. The first-order valence-electron chi connectivity index (χ1n) is 13.0. The Morgan fingerprint density at radius 2 is 1.37 bits per heavy atom. The fourth-order valence-corrected chi connectivity index (χ4v) is 5.25. The first-order valence-corrected chi connectivity index (χ1v) is 13.9. The normalized spacial score (nSPS) is 13.9. The highest BCUT2D eigenvalue weighted by Gasteiger charge is 2.50. The third kappa shape index (κ3) is 9.22. The van der Waals surface area contributed by atoms with E-state index in [-0.39, 0.29) is 23.9 Å². The SMILES string of the molecule is CCCCCCCCCCCCOC(=O)C(C)(P=O)C(C(=O)c1c(OC)cccc1OC)C(C)C. The number of carbonyl (C=O) groups excluding carboxylic acids is 2. The summed E-state index contributed by atoms with van der Waals surface area (Å²) in [6, 6.07) is 5.07. The lowest BCUT2D eigenvalue weighted by molar-refractivity contribution is -0.148. The van der Waals surface area contributed by atoms with Gasteiger partial charge in [0.25, 0.3) is 0 Å². The van der Waals surface area contributed by atoms with Crippen LogP contribution in [0.4, 0.5) is 0 Å². The number of rotatable bonds is 19. The van der Waals surface area contributed by atoms with Crippen LogP contribution in [0.25, 0.3) is 0 Å². The number of carbonyl (C=O) groups is 2. The molecule has 0 heterocycles. The third-order valence-corrected chi connectivity index (χ3v) is 7.40. The monoisotopic (exact) mass is 508 g/mol. The highest BCUT2D eigenvalue weighted by atomic mass is 31.1. The smallest absolute Gasteiger partial charge is 0.324 e. The number of benzene rings is 1. The predicted molar refractivity (Wildman–Crippen MR) is 141 cm³/mol. The van der Waals surface area contributed by atoms with Crippen molar-refractivity contribution < 1.29 is 28.4 Å². The molecule has 6 nitrogen and oxygen atoms in total. The zero-order chi connectivity index (χ0) is 26.3. The molecule has 1 aromatic rings. The van der Waals surface area contributed by atoms with Gasteiger partial charge in [-0.05, 0) is 31.4 Å². The Balaban J connectivity index is 2.75. The first-order chi connectivity index (χ1) is 16.8. The van der Waals surface area contributed by atoms with Crippen molar-refractivity contribution in [2.45, 2.75) is 97.1 Å². The van der Waals surface area contributed by atoms with Gasteiger partial charge in [0.15, 0.2) is 19.4 Å². The Morgan fingerprint density at radius 3 is 1.80 bits per heavy atom. The van der Waals surface area contributed by atoms with Gasteiger partial charge < -0.3 is 14.2 Å². The van der Waals surface area contributed by atoms with Crippen LogP contribution in [-0.2, 0) is 14.1 Å². The molecule has 0 bridgehead atoms. The van der Waals surface area contributed by atoms with Crippen molar-refractivity contribution in [3.63, 3.8) is 0 Å². The van der Waals surface area contributed by atoms with Crippen molar-refractivity contribution in [2.75, 3.05) is 20.8 Å². The molecular weight excluding hydrogens is 463 g/mol. The van der Waals surface area contributed by atoms with E-state index in [9.17, 15) is 14.2 Å². The lowest BCUT2D eigenvalue weighted by Gasteiger charge is -2.32. The van der Waals surface area contributed by atoms with E-state index in [2.05, 4.69) is 6.92 Å². The Kier molecular flexibility index (Phi) is 14.8. The number of Topliss-reactive ketones (excluding diaryl/α,β-unsaturated/α-hetero) is 1. The molecule has 0 aliphatic carbocycles. The van der Waals surface area contributed by atoms with E-state index >= 15 is 0 Å². The number of methoxy groups -OCH3 is 2. The molecule has 0 saturated heterocycles. The Morgan fingerprint density at radius 1 is 0.886 bits per heavy atom. The van der Waals surface area contributed by atoms with Gasteiger partial charge in [-0.25, -0.2) is 0 Å². The molecule has 0 aromatic heterocycles. The van der Waals surface area contributed by atoms with Gasteiger partial charge in [-0.1, -0.05) is 84.6 Å². The van der Waals surface area contributed by atoms with E-state index in [1.807, 2.05) is 13.8 Å². The van der Waals surface area contributed by atoms with Crippen LogP contribution < -0.4 is 9.47 Å². The maximum Gasteiger partial charge on any atom is 0.324 e. The number of hydrogen-bond donors (Lipinski definition) is 0. The second kappa shape index (κ2) is 16.7. The molecule has 0 spiro atoms. The average molecular weight is 509 g/mol. The van der Waals surface area contributed by atoms with Gasteiger partial charge >= 0.3 is 5.97 Å². The van der Waals surface area contributed by atoms with Gasteiger partial charge in [-0.15, -0.1) is 0 Å². The molecule has 198 valence electrons. The summed E-state index contributed by atoms with van der Waals surface area (Å²) in [4.78, 5) is 26.8. The Labute approximate surface area is 213 Å². The zero-order valence-electron chi connectivity index (χ0n) is 22.6. The summed E-state index contributed by atoms with van der Waals surface area (Å²) in [6.45, 7) is 7.70. The molecule has 0 fully saturated rings. The van der Waals surface area contributed by atoms with Crippen LogP contribution in [0.15, 0.2) is 18.2 Å². The summed E-state index contributed by atoms with van der Waals surface area (Å²) in [6.07, 6.45) is 11.8. The van der Waals surface area contributed by atoms with E-state index in [4.69, 9.17) is 14.2 Å². The molecular formula is C28H45O6P. The van der Waals surface area contributed by atoms with Crippen molar-refractivity contribution in [2.24, 2.45) is 11.8 Å². The average Bonchev–Trinajstić information content (AvgIpc) is 2.85. The van der Waals surface area contributed by atoms with Crippen LogP contribution in [0, 0.1) is 11.8 Å². The second-order valence-electron chi connectivity index (χ2n) is 9.68. The minimum absolute atomic E-state index is 0.244.